The predicted molar refractivity (Wildman–Crippen MR) is 104 cm³/mol. The third-order valence-corrected chi connectivity index (χ3v) is 5.48. The minimum Gasteiger partial charge on any atom is -0.477 e. The maximum atomic E-state index is 14.7. The summed E-state index contributed by atoms with van der Waals surface area (Å²) in [5.74, 6) is -1.40. The lowest BCUT2D eigenvalue weighted by atomic mass is 9.93. The second-order valence-electron chi connectivity index (χ2n) is 7.35. The van der Waals surface area contributed by atoms with Crippen molar-refractivity contribution in [1.82, 2.24) is 9.88 Å². The average Bonchev–Trinajstić information content (AvgIpc) is 2.91. The number of aromatic carboxylic acids is 1. The van der Waals surface area contributed by atoms with Crippen LogP contribution in [-0.4, -0.2) is 21.7 Å². The zero-order chi connectivity index (χ0) is 19.0. The molecule has 0 bridgehead atoms. The van der Waals surface area contributed by atoms with E-state index in [9.17, 15) is 14.3 Å². The highest BCUT2D eigenvalue weighted by molar-refractivity contribution is 5.98. The molecule has 1 saturated carbocycles. The molecular weight excluding hydrogens is 343 g/mol. The first-order valence-electron chi connectivity index (χ1n) is 9.36. The minimum absolute atomic E-state index is 0.169. The van der Waals surface area contributed by atoms with E-state index in [1.165, 1.54) is 12.5 Å². The van der Waals surface area contributed by atoms with Crippen LogP contribution in [0.2, 0.25) is 0 Å². The van der Waals surface area contributed by atoms with Crippen LogP contribution in [0.5, 0.6) is 0 Å². The Bertz CT molecular complexity index is 988. The molecular formula is C22H23FN2O2. The number of aryl methyl sites for hydroxylation is 1. The van der Waals surface area contributed by atoms with E-state index in [1.807, 2.05) is 31.2 Å². The van der Waals surface area contributed by atoms with Gasteiger partial charge >= 0.3 is 5.97 Å². The second-order valence-corrected chi connectivity index (χ2v) is 7.35. The van der Waals surface area contributed by atoms with E-state index in [4.69, 9.17) is 0 Å². The van der Waals surface area contributed by atoms with Crippen molar-refractivity contribution >= 4 is 16.9 Å². The van der Waals surface area contributed by atoms with Gasteiger partial charge in [0, 0.05) is 30.1 Å². The number of carboxylic acid groups (broad SMARTS) is 1. The summed E-state index contributed by atoms with van der Waals surface area (Å²) < 4.78 is 16.4. The Hall–Kier alpha value is -2.66. The summed E-state index contributed by atoms with van der Waals surface area (Å²) in [4.78, 5) is 12.1. The monoisotopic (exact) mass is 366 g/mol. The van der Waals surface area contributed by atoms with Crippen molar-refractivity contribution in [1.29, 1.82) is 0 Å². The van der Waals surface area contributed by atoms with E-state index in [0.717, 1.165) is 24.0 Å². The summed E-state index contributed by atoms with van der Waals surface area (Å²) in [5.41, 5.74) is 3.46. The molecule has 27 heavy (non-hydrogen) atoms. The number of nitrogens with one attached hydrogen (secondary N) is 1. The van der Waals surface area contributed by atoms with Gasteiger partial charge in [0.2, 0.25) is 0 Å². The minimum atomic E-state index is -1.02. The lowest BCUT2D eigenvalue weighted by molar-refractivity contribution is 0.0684. The van der Waals surface area contributed by atoms with Crippen molar-refractivity contribution in [3.8, 4) is 0 Å². The Morgan fingerprint density at radius 3 is 2.59 bits per heavy atom. The summed E-state index contributed by atoms with van der Waals surface area (Å²) >= 11 is 0. The number of halogens is 1. The van der Waals surface area contributed by atoms with E-state index in [1.54, 1.807) is 16.7 Å². The van der Waals surface area contributed by atoms with Crippen LogP contribution in [0.1, 0.15) is 46.4 Å². The molecule has 140 valence electrons. The van der Waals surface area contributed by atoms with Crippen LogP contribution in [0.3, 0.4) is 0 Å². The number of aromatic nitrogens is 1. The van der Waals surface area contributed by atoms with Crippen LogP contribution in [0.15, 0.2) is 42.5 Å². The Morgan fingerprint density at radius 1 is 1.22 bits per heavy atom. The standard InChI is InChI=1S/C22H23FN2O2/c1-14-8-10-15(11-9-14)13-25-19-7-3-6-18(23)20(19)17(21(25)22(26)27)12-24-16-4-2-5-16/h3,6-11,16,24H,2,4-5,12-13H2,1H3,(H,26,27). The molecule has 2 aromatic carbocycles. The number of carbonyl (C=O) groups is 1. The van der Waals surface area contributed by atoms with Gasteiger partial charge in [-0.3, -0.25) is 0 Å². The zero-order valence-electron chi connectivity index (χ0n) is 15.3. The molecule has 0 saturated heterocycles. The molecule has 5 heteroatoms. The number of fused-ring (bicyclic) bond motifs is 1. The van der Waals surface area contributed by atoms with Crippen molar-refractivity contribution in [3.63, 3.8) is 0 Å². The first-order chi connectivity index (χ1) is 13.0. The highest BCUT2D eigenvalue weighted by Gasteiger charge is 2.26. The molecule has 0 aliphatic heterocycles. The number of rotatable bonds is 6. The van der Waals surface area contributed by atoms with E-state index < -0.39 is 5.97 Å². The molecule has 2 N–H and O–H groups in total. The molecule has 0 spiro atoms. The lowest BCUT2D eigenvalue weighted by Gasteiger charge is -2.26. The van der Waals surface area contributed by atoms with Crippen LogP contribution in [0.25, 0.3) is 10.9 Å². The molecule has 0 atom stereocenters. The van der Waals surface area contributed by atoms with Crippen molar-refractivity contribution in [2.75, 3.05) is 0 Å². The maximum absolute atomic E-state index is 14.7. The fourth-order valence-corrected chi connectivity index (χ4v) is 3.75. The van der Waals surface area contributed by atoms with Gasteiger partial charge in [-0.05, 0) is 37.5 Å². The highest BCUT2D eigenvalue weighted by Crippen LogP contribution is 2.30. The van der Waals surface area contributed by atoms with Crippen LogP contribution < -0.4 is 5.32 Å². The van der Waals surface area contributed by atoms with Crippen LogP contribution >= 0.6 is 0 Å². The third-order valence-electron chi connectivity index (χ3n) is 5.48. The molecule has 1 aliphatic carbocycles. The zero-order valence-corrected chi connectivity index (χ0v) is 15.3. The van der Waals surface area contributed by atoms with Crippen molar-refractivity contribution in [2.45, 2.75) is 45.3 Å². The Morgan fingerprint density at radius 2 is 1.96 bits per heavy atom. The van der Waals surface area contributed by atoms with Crippen molar-refractivity contribution in [3.05, 3.63) is 70.7 Å². The second kappa shape index (κ2) is 7.16. The molecule has 1 aliphatic rings. The summed E-state index contributed by atoms with van der Waals surface area (Å²) in [6.45, 7) is 2.77. The summed E-state index contributed by atoms with van der Waals surface area (Å²) in [6, 6.07) is 13.2. The highest BCUT2D eigenvalue weighted by atomic mass is 19.1. The fourth-order valence-electron chi connectivity index (χ4n) is 3.75. The normalized spacial score (nSPS) is 14.4. The molecule has 0 unspecified atom stereocenters. The Balaban J connectivity index is 1.83. The van der Waals surface area contributed by atoms with Gasteiger partial charge in [0.25, 0.3) is 0 Å². The van der Waals surface area contributed by atoms with E-state index in [0.29, 0.717) is 35.6 Å². The van der Waals surface area contributed by atoms with Crippen LogP contribution in [0, 0.1) is 12.7 Å². The largest absolute Gasteiger partial charge is 0.477 e. The number of nitrogens with zero attached hydrogens (tertiary/aromatic N) is 1. The molecule has 0 amide bonds. The SMILES string of the molecule is Cc1ccc(Cn2c(C(=O)O)c(CNC3CCC3)c3c(F)cccc32)cc1. The van der Waals surface area contributed by atoms with Crippen LogP contribution in [0.4, 0.5) is 4.39 Å². The molecule has 4 nitrogen and oxygen atoms in total. The van der Waals surface area contributed by atoms with E-state index >= 15 is 0 Å². The smallest absolute Gasteiger partial charge is 0.352 e. The summed E-state index contributed by atoms with van der Waals surface area (Å²) in [7, 11) is 0. The van der Waals surface area contributed by atoms with Gasteiger partial charge in [-0.25, -0.2) is 9.18 Å². The van der Waals surface area contributed by atoms with Crippen LogP contribution in [-0.2, 0) is 13.1 Å². The van der Waals surface area contributed by atoms with Gasteiger partial charge in [-0.2, -0.15) is 0 Å². The molecule has 4 rings (SSSR count). The quantitative estimate of drug-likeness (QED) is 0.676. The van der Waals surface area contributed by atoms with Gasteiger partial charge in [0.05, 0.1) is 5.52 Å². The number of benzene rings is 2. The average molecular weight is 366 g/mol. The topological polar surface area (TPSA) is 54.3 Å². The van der Waals surface area contributed by atoms with E-state index in [-0.39, 0.29) is 11.5 Å². The van der Waals surface area contributed by atoms with Gasteiger partial charge in [-0.15, -0.1) is 0 Å². The van der Waals surface area contributed by atoms with Gasteiger partial charge in [0.15, 0.2) is 0 Å². The Labute approximate surface area is 157 Å². The molecule has 1 heterocycles. The first-order valence-corrected chi connectivity index (χ1v) is 9.36. The molecule has 0 radical (unpaired) electrons. The predicted octanol–water partition coefficient (Wildman–Crippen LogP) is 4.48. The van der Waals surface area contributed by atoms with E-state index in [2.05, 4.69) is 5.32 Å². The van der Waals surface area contributed by atoms with Gasteiger partial charge < -0.3 is 15.0 Å². The van der Waals surface area contributed by atoms with Gasteiger partial charge in [-0.1, -0.05) is 42.3 Å². The number of hydrogen-bond donors (Lipinski definition) is 2. The Kier molecular flexibility index (Phi) is 4.70. The summed E-state index contributed by atoms with van der Waals surface area (Å²) in [5, 5.41) is 13.7. The summed E-state index contributed by atoms with van der Waals surface area (Å²) in [6.07, 6.45) is 3.37. The first kappa shape index (κ1) is 17.7. The molecule has 3 aromatic rings. The maximum Gasteiger partial charge on any atom is 0.352 e. The number of hydrogen-bond acceptors (Lipinski definition) is 2. The van der Waals surface area contributed by atoms with Crippen molar-refractivity contribution < 1.29 is 14.3 Å². The molecule has 1 fully saturated rings. The van der Waals surface area contributed by atoms with Gasteiger partial charge in [0.1, 0.15) is 11.5 Å². The van der Waals surface area contributed by atoms with Crippen molar-refractivity contribution in [2.24, 2.45) is 0 Å². The molecule has 1 aromatic heterocycles. The third kappa shape index (κ3) is 3.35. The fraction of sp³-hybridized carbons (Fsp3) is 0.318. The lowest BCUT2D eigenvalue weighted by Crippen LogP contribution is -2.34. The number of carboxylic acids is 1.